The molecule has 0 N–H and O–H groups in total. The number of nitrogens with zero attached hydrogens (tertiary/aromatic N) is 1. The molecule has 4 rings (SSSR count). The van der Waals surface area contributed by atoms with Gasteiger partial charge in [0.1, 0.15) is 5.78 Å². The summed E-state index contributed by atoms with van der Waals surface area (Å²) in [4.78, 5) is 30.8. The molecule has 0 spiro atoms. The van der Waals surface area contributed by atoms with Gasteiger partial charge in [0, 0.05) is 30.5 Å². The van der Waals surface area contributed by atoms with Crippen molar-refractivity contribution >= 4 is 17.8 Å². The predicted octanol–water partition coefficient (Wildman–Crippen LogP) is 11.4. The van der Waals surface area contributed by atoms with E-state index in [4.69, 9.17) is 4.99 Å². The first-order valence-electron chi connectivity index (χ1n) is 18.2. The predicted molar refractivity (Wildman–Crippen MR) is 186 cm³/mol. The van der Waals surface area contributed by atoms with Crippen molar-refractivity contribution in [1.82, 2.24) is 0 Å². The van der Waals surface area contributed by atoms with E-state index in [2.05, 4.69) is 58.2 Å². The molecule has 3 nitrogen and oxygen atoms in total. The first-order valence-corrected chi connectivity index (χ1v) is 18.2. The maximum Gasteiger partial charge on any atom is 0.166 e. The summed E-state index contributed by atoms with van der Waals surface area (Å²) in [5.41, 5.74) is 8.00. The minimum absolute atomic E-state index is 0.0809. The fourth-order valence-corrected chi connectivity index (χ4v) is 7.86. The Morgan fingerprint density at radius 1 is 0.955 bits per heavy atom. The lowest BCUT2D eigenvalue weighted by molar-refractivity contribution is -0.119. The molecule has 2 aliphatic carbocycles. The second kappa shape index (κ2) is 17.8. The van der Waals surface area contributed by atoms with Gasteiger partial charge >= 0.3 is 0 Å². The monoisotopic (exact) mass is 597 g/mol. The zero-order valence-corrected chi connectivity index (χ0v) is 28.3. The van der Waals surface area contributed by atoms with E-state index >= 15 is 0 Å². The second-order valence-electron chi connectivity index (χ2n) is 14.2. The largest absolute Gasteiger partial charge is 0.300 e. The summed E-state index contributed by atoms with van der Waals surface area (Å²) >= 11 is 0. The summed E-state index contributed by atoms with van der Waals surface area (Å²) in [5.74, 6) is 2.50. The highest BCUT2D eigenvalue weighted by Crippen LogP contribution is 2.38. The van der Waals surface area contributed by atoms with Gasteiger partial charge in [0.05, 0.1) is 5.70 Å². The van der Waals surface area contributed by atoms with Crippen LogP contribution in [0.5, 0.6) is 0 Å². The highest BCUT2D eigenvalue weighted by atomic mass is 16.1. The van der Waals surface area contributed by atoms with Crippen LogP contribution >= 0.6 is 0 Å². The van der Waals surface area contributed by atoms with Crippen LogP contribution < -0.4 is 0 Å². The van der Waals surface area contributed by atoms with Gasteiger partial charge in [-0.2, -0.15) is 0 Å². The normalized spacial score (nSPS) is 22.1. The summed E-state index contributed by atoms with van der Waals surface area (Å²) in [6.45, 7) is 8.77. The van der Waals surface area contributed by atoms with Crippen molar-refractivity contribution in [3.8, 4) is 0 Å². The Hall–Kier alpha value is -2.55. The first-order chi connectivity index (χ1) is 21.4. The number of carbonyl (C=O) groups is 2. The zero-order valence-electron chi connectivity index (χ0n) is 28.3. The molecule has 1 aliphatic heterocycles. The lowest BCUT2D eigenvalue weighted by Gasteiger charge is -2.25. The van der Waals surface area contributed by atoms with Crippen LogP contribution in [-0.4, -0.2) is 17.8 Å². The van der Waals surface area contributed by atoms with Crippen molar-refractivity contribution in [1.29, 1.82) is 0 Å². The third kappa shape index (κ3) is 9.98. The van der Waals surface area contributed by atoms with Crippen LogP contribution in [0.1, 0.15) is 153 Å². The molecule has 0 aromatic heterocycles. The third-order valence-corrected chi connectivity index (χ3v) is 10.5. The molecule has 3 heteroatoms. The Balaban J connectivity index is 1.21. The standard InChI is InChI=1S/C41H59NO2/c1-5-37(30(2)3)41(44)35-23-11-19-33(29-35)20-13-25-36(43)24-12-18-32-16-9-21-34(22-10-17-32)40-39-27-8-6-7-26-38(39)31(4)15-14-28-42-40/h8,11,19,23,27-32,37H,5-7,9-10,12-18,20-22,24-26H2,1-4H3. The zero-order chi connectivity index (χ0) is 31.3. The smallest absolute Gasteiger partial charge is 0.166 e. The van der Waals surface area contributed by atoms with E-state index in [0.717, 1.165) is 43.6 Å². The van der Waals surface area contributed by atoms with E-state index in [1.54, 1.807) is 11.1 Å². The van der Waals surface area contributed by atoms with Crippen LogP contribution in [-0.2, 0) is 11.2 Å². The van der Waals surface area contributed by atoms with Crippen LogP contribution in [0.4, 0.5) is 0 Å². The van der Waals surface area contributed by atoms with Gasteiger partial charge in [-0.15, -0.1) is 0 Å². The number of rotatable bonds is 12. The quantitative estimate of drug-likeness (QED) is 0.225. The van der Waals surface area contributed by atoms with Crippen molar-refractivity contribution in [2.24, 2.45) is 28.7 Å². The molecule has 0 amide bonds. The molecule has 44 heavy (non-hydrogen) atoms. The lowest BCUT2D eigenvalue weighted by Crippen LogP contribution is -2.19. The van der Waals surface area contributed by atoms with E-state index in [1.165, 1.54) is 87.5 Å². The molecule has 2 unspecified atom stereocenters. The number of ketones is 2. The summed E-state index contributed by atoms with van der Waals surface area (Å²) < 4.78 is 0. The summed E-state index contributed by atoms with van der Waals surface area (Å²) in [5, 5.41) is 0. The number of Topliss-reactive ketones (excluding diaryl/α,β-unsaturated/α-hetero) is 2. The topological polar surface area (TPSA) is 46.5 Å². The van der Waals surface area contributed by atoms with E-state index in [9.17, 15) is 9.59 Å². The van der Waals surface area contributed by atoms with Crippen molar-refractivity contribution in [3.05, 3.63) is 70.0 Å². The first kappa shape index (κ1) is 34.3. The summed E-state index contributed by atoms with van der Waals surface area (Å²) in [7, 11) is 0. The minimum atomic E-state index is 0.0809. The van der Waals surface area contributed by atoms with Crippen LogP contribution in [0.3, 0.4) is 0 Å². The molecule has 0 saturated heterocycles. The number of benzene rings is 1. The van der Waals surface area contributed by atoms with Gasteiger partial charge in [-0.25, -0.2) is 0 Å². The molecular weight excluding hydrogens is 538 g/mol. The number of allylic oxidation sites excluding steroid dienone is 4. The lowest BCUT2D eigenvalue weighted by atomic mass is 9.82. The molecule has 240 valence electrons. The van der Waals surface area contributed by atoms with Crippen LogP contribution in [0.15, 0.2) is 63.8 Å². The average Bonchev–Trinajstić information content (AvgIpc) is 3.24. The van der Waals surface area contributed by atoms with Gasteiger partial charge in [-0.05, 0) is 124 Å². The molecule has 1 heterocycles. The molecule has 1 aromatic carbocycles. The second-order valence-corrected chi connectivity index (χ2v) is 14.2. The number of aliphatic imine (C=N–C) groups is 1. The van der Waals surface area contributed by atoms with Crippen LogP contribution in [0, 0.1) is 23.7 Å². The molecule has 1 fully saturated rings. The van der Waals surface area contributed by atoms with Gasteiger partial charge in [-0.3, -0.25) is 14.6 Å². The fourth-order valence-electron chi connectivity index (χ4n) is 7.86. The SMILES string of the molecule is CCC(C(=O)c1cccc(CCCC(=O)CCCC2CCCC(=C3N=CCCC(C)C4=C3C=CCCC4)CCC2)c1)C(C)C. The molecule has 0 bridgehead atoms. The van der Waals surface area contributed by atoms with Crippen molar-refractivity contribution < 1.29 is 9.59 Å². The Morgan fingerprint density at radius 3 is 2.48 bits per heavy atom. The van der Waals surface area contributed by atoms with E-state index in [-0.39, 0.29) is 11.7 Å². The van der Waals surface area contributed by atoms with Gasteiger partial charge in [0.2, 0.25) is 0 Å². The highest BCUT2D eigenvalue weighted by molar-refractivity contribution is 5.98. The molecule has 1 aromatic rings. The average molecular weight is 598 g/mol. The maximum atomic E-state index is 13.0. The minimum Gasteiger partial charge on any atom is -0.300 e. The molecule has 0 radical (unpaired) electrons. The Morgan fingerprint density at radius 2 is 1.73 bits per heavy atom. The summed E-state index contributed by atoms with van der Waals surface area (Å²) in [6.07, 6.45) is 26.5. The van der Waals surface area contributed by atoms with Crippen molar-refractivity contribution in [3.63, 3.8) is 0 Å². The van der Waals surface area contributed by atoms with Gasteiger partial charge in [0.25, 0.3) is 0 Å². The Labute approximate surface area is 268 Å². The number of aryl methyl sites for hydroxylation is 1. The van der Waals surface area contributed by atoms with E-state index in [0.29, 0.717) is 30.5 Å². The molecular formula is C41H59NO2. The highest BCUT2D eigenvalue weighted by Gasteiger charge is 2.23. The number of carbonyl (C=O) groups excluding carboxylic acids is 2. The van der Waals surface area contributed by atoms with Crippen molar-refractivity contribution in [2.75, 3.05) is 0 Å². The van der Waals surface area contributed by atoms with Crippen LogP contribution in [0.25, 0.3) is 0 Å². The molecule has 1 saturated carbocycles. The van der Waals surface area contributed by atoms with Gasteiger partial charge in [0.15, 0.2) is 5.78 Å². The van der Waals surface area contributed by atoms with Crippen molar-refractivity contribution in [2.45, 2.75) is 143 Å². The number of hydrogen-bond donors (Lipinski definition) is 0. The van der Waals surface area contributed by atoms with E-state index < -0.39 is 0 Å². The summed E-state index contributed by atoms with van der Waals surface area (Å²) in [6, 6.07) is 8.10. The fraction of sp³-hybridized carbons (Fsp3) is 0.634. The number of hydrogen-bond acceptors (Lipinski definition) is 3. The van der Waals surface area contributed by atoms with Gasteiger partial charge in [-0.1, -0.05) is 82.9 Å². The van der Waals surface area contributed by atoms with E-state index in [1.807, 2.05) is 12.1 Å². The molecule has 3 aliphatic rings. The third-order valence-electron chi connectivity index (χ3n) is 10.5. The molecule has 2 atom stereocenters. The maximum absolute atomic E-state index is 13.0. The van der Waals surface area contributed by atoms with Gasteiger partial charge < -0.3 is 0 Å². The Kier molecular flexibility index (Phi) is 13.9. The van der Waals surface area contributed by atoms with Crippen LogP contribution in [0.2, 0.25) is 0 Å². The Bertz CT molecular complexity index is 1220.